The minimum atomic E-state index is 0.119. The maximum atomic E-state index is 12.9. The van der Waals surface area contributed by atoms with Crippen LogP contribution in [0.25, 0.3) is 6.08 Å². The van der Waals surface area contributed by atoms with Gasteiger partial charge < -0.3 is 9.84 Å². The summed E-state index contributed by atoms with van der Waals surface area (Å²) in [5, 5.41) is 9.87. The molecule has 0 radical (unpaired) electrons. The number of thioether (sulfide) groups is 1. The molecule has 0 spiro atoms. The molecule has 1 atom stereocenters. The molecule has 0 aromatic heterocycles. The SMILES string of the molecule is CC(C)N=C1S/C(=C\c2ccc(OCCCO)cc2)C(=O)CCC1c1ccccc1. The van der Waals surface area contributed by atoms with Crippen molar-refractivity contribution in [2.45, 2.75) is 45.1 Å². The van der Waals surface area contributed by atoms with E-state index in [0.29, 0.717) is 19.4 Å². The predicted molar refractivity (Wildman–Crippen MR) is 125 cm³/mol. The lowest BCUT2D eigenvalue weighted by Crippen LogP contribution is -2.10. The van der Waals surface area contributed by atoms with Crippen LogP contribution in [0.4, 0.5) is 0 Å². The van der Waals surface area contributed by atoms with E-state index in [1.54, 1.807) is 0 Å². The quantitative estimate of drug-likeness (QED) is 0.473. The number of nitrogens with zero attached hydrogens (tertiary/aromatic N) is 1. The van der Waals surface area contributed by atoms with Gasteiger partial charge in [-0.05, 0) is 49.6 Å². The molecule has 0 saturated carbocycles. The van der Waals surface area contributed by atoms with Crippen molar-refractivity contribution >= 4 is 28.7 Å². The summed E-state index contributed by atoms with van der Waals surface area (Å²) >= 11 is 1.51. The summed E-state index contributed by atoms with van der Waals surface area (Å²) in [5.74, 6) is 1.07. The average molecular weight is 424 g/mol. The number of aliphatic imine (C=N–C) groups is 1. The summed E-state index contributed by atoms with van der Waals surface area (Å²) < 4.78 is 5.58. The Bertz CT molecular complexity index is 888. The monoisotopic (exact) mass is 423 g/mol. The molecule has 2 aromatic rings. The van der Waals surface area contributed by atoms with Crippen LogP contribution < -0.4 is 4.74 Å². The van der Waals surface area contributed by atoms with E-state index >= 15 is 0 Å². The number of aliphatic hydroxyl groups excluding tert-OH is 1. The third kappa shape index (κ3) is 6.31. The first kappa shape index (κ1) is 22.3. The maximum Gasteiger partial charge on any atom is 0.169 e. The second kappa shape index (κ2) is 11.1. The number of allylic oxidation sites excluding steroid dienone is 1. The number of hydrogen-bond acceptors (Lipinski definition) is 5. The normalized spacial score (nSPS) is 20.0. The number of ketones is 1. The van der Waals surface area contributed by atoms with Crippen molar-refractivity contribution in [2.75, 3.05) is 13.2 Å². The van der Waals surface area contributed by atoms with Crippen LogP contribution >= 0.6 is 11.8 Å². The van der Waals surface area contributed by atoms with Crippen LogP contribution in [0.5, 0.6) is 5.75 Å². The fraction of sp³-hybridized carbons (Fsp3) is 0.360. The van der Waals surface area contributed by atoms with Crippen LogP contribution in [0.2, 0.25) is 0 Å². The first-order valence-electron chi connectivity index (χ1n) is 10.5. The van der Waals surface area contributed by atoms with E-state index in [9.17, 15) is 4.79 Å². The van der Waals surface area contributed by atoms with E-state index in [1.807, 2.05) is 48.5 Å². The van der Waals surface area contributed by atoms with Gasteiger partial charge in [0.15, 0.2) is 5.78 Å². The first-order valence-corrected chi connectivity index (χ1v) is 11.3. The second-order valence-corrected chi connectivity index (χ2v) is 8.65. The minimum absolute atomic E-state index is 0.119. The van der Waals surface area contributed by atoms with Crippen LogP contribution in [0.1, 0.15) is 50.2 Å². The number of rotatable bonds is 7. The van der Waals surface area contributed by atoms with Gasteiger partial charge in [-0.25, -0.2) is 0 Å². The van der Waals surface area contributed by atoms with Gasteiger partial charge in [-0.1, -0.05) is 54.2 Å². The van der Waals surface area contributed by atoms with Gasteiger partial charge in [0.25, 0.3) is 0 Å². The third-order valence-electron chi connectivity index (χ3n) is 4.78. The van der Waals surface area contributed by atoms with E-state index in [4.69, 9.17) is 14.8 Å². The van der Waals surface area contributed by atoms with E-state index in [-0.39, 0.29) is 24.3 Å². The number of aliphatic hydroxyl groups is 1. The average Bonchev–Trinajstić information content (AvgIpc) is 2.89. The van der Waals surface area contributed by atoms with Crippen molar-refractivity contribution in [1.82, 2.24) is 0 Å². The maximum absolute atomic E-state index is 12.9. The molecule has 1 unspecified atom stereocenters. The Morgan fingerprint density at radius 2 is 1.90 bits per heavy atom. The van der Waals surface area contributed by atoms with Gasteiger partial charge in [0.1, 0.15) is 5.75 Å². The Kier molecular flexibility index (Phi) is 8.29. The fourth-order valence-corrected chi connectivity index (χ4v) is 4.60. The molecule has 3 rings (SSSR count). The van der Waals surface area contributed by atoms with Crippen LogP contribution in [0, 0.1) is 0 Å². The van der Waals surface area contributed by atoms with Gasteiger partial charge in [-0.3, -0.25) is 9.79 Å². The highest BCUT2D eigenvalue weighted by Gasteiger charge is 2.28. The number of carbonyl (C=O) groups excluding carboxylic acids is 1. The predicted octanol–water partition coefficient (Wildman–Crippen LogP) is 5.48. The number of carbonyl (C=O) groups is 1. The molecule has 1 heterocycles. The third-order valence-corrected chi connectivity index (χ3v) is 5.95. The summed E-state index contributed by atoms with van der Waals surface area (Å²) in [6.45, 7) is 4.75. The topological polar surface area (TPSA) is 58.9 Å². The van der Waals surface area contributed by atoms with Gasteiger partial charge in [0, 0.05) is 31.4 Å². The molecule has 0 amide bonds. The van der Waals surface area contributed by atoms with Crippen molar-refractivity contribution in [3.05, 3.63) is 70.6 Å². The molecule has 1 aliphatic heterocycles. The van der Waals surface area contributed by atoms with Crippen LogP contribution in [0.15, 0.2) is 64.5 Å². The van der Waals surface area contributed by atoms with Crippen molar-refractivity contribution in [3.63, 3.8) is 0 Å². The lowest BCUT2D eigenvalue weighted by molar-refractivity contribution is -0.114. The number of benzene rings is 2. The summed E-state index contributed by atoms with van der Waals surface area (Å²) in [7, 11) is 0. The highest BCUT2D eigenvalue weighted by molar-refractivity contribution is 8.18. The van der Waals surface area contributed by atoms with Crippen LogP contribution in [-0.2, 0) is 4.79 Å². The van der Waals surface area contributed by atoms with Crippen LogP contribution in [0.3, 0.4) is 0 Å². The van der Waals surface area contributed by atoms with Crippen LogP contribution in [-0.4, -0.2) is 35.2 Å². The number of hydrogen-bond donors (Lipinski definition) is 1. The molecule has 2 aromatic carbocycles. The molecule has 1 fully saturated rings. The van der Waals surface area contributed by atoms with Crippen molar-refractivity contribution < 1.29 is 14.6 Å². The molecule has 5 heteroatoms. The smallest absolute Gasteiger partial charge is 0.169 e. The van der Waals surface area contributed by atoms with Gasteiger partial charge in [0.2, 0.25) is 0 Å². The van der Waals surface area contributed by atoms with Crippen molar-refractivity contribution in [2.24, 2.45) is 4.99 Å². The zero-order valence-electron chi connectivity index (χ0n) is 17.6. The molecule has 1 saturated heterocycles. The summed E-state index contributed by atoms with van der Waals surface area (Å²) in [5.41, 5.74) is 2.17. The first-order chi connectivity index (χ1) is 14.6. The van der Waals surface area contributed by atoms with E-state index < -0.39 is 0 Å². The highest BCUT2D eigenvalue weighted by Crippen LogP contribution is 2.38. The van der Waals surface area contributed by atoms with Gasteiger partial charge >= 0.3 is 0 Å². The summed E-state index contributed by atoms with van der Waals surface area (Å²) in [6, 6.07) is 18.2. The van der Waals surface area contributed by atoms with Gasteiger partial charge in [-0.2, -0.15) is 0 Å². The van der Waals surface area contributed by atoms with E-state index in [2.05, 4.69) is 26.0 Å². The van der Waals surface area contributed by atoms with Crippen molar-refractivity contribution in [3.8, 4) is 5.75 Å². The largest absolute Gasteiger partial charge is 0.494 e. The van der Waals surface area contributed by atoms with Crippen molar-refractivity contribution in [1.29, 1.82) is 0 Å². The lowest BCUT2D eigenvalue weighted by Gasteiger charge is -2.17. The van der Waals surface area contributed by atoms with E-state index in [1.165, 1.54) is 17.3 Å². The Labute approximate surface area is 183 Å². The van der Waals surface area contributed by atoms with Gasteiger partial charge in [-0.15, -0.1) is 0 Å². The Balaban J connectivity index is 1.83. The molecule has 30 heavy (non-hydrogen) atoms. The highest BCUT2D eigenvalue weighted by atomic mass is 32.2. The Hall–Kier alpha value is -2.37. The molecule has 1 N–H and O–H groups in total. The molecule has 0 aliphatic carbocycles. The van der Waals surface area contributed by atoms with E-state index in [0.717, 1.165) is 27.7 Å². The lowest BCUT2D eigenvalue weighted by atomic mass is 9.94. The molecule has 4 nitrogen and oxygen atoms in total. The molecule has 158 valence electrons. The molecular weight excluding hydrogens is 394 g/mol. The van der Waals surface area contributed by atoms with Gasteiger partial charge in [0.05, 0.1) is 16.6 Å². The molecular formula is C25H29NO3S. The number of ether oxygens (including phenoxy) is 1. The second-order valence-electron chi connectivity index (χ2n) is 7.59. The zero-order valence-corrected chi connectivity index (χ0v) is 18.4. The summed E-state index contributed by atoms with van der Waals surface area (Å²) in [6.07, 6.45) is 3.85. The summed E-state index contributed by atoms with van der Waals surface area (Å²) in [4.78, 5) is 18.5. The standard InChI is InChI=1S/C25H29NO3S/c1-18(2)26-25-22(20-7-4-3-5-8-20)13-14-23(28)24(30-25)17-19-9-11-21(12-10-19)29-16-6-15-27/h3-5,7-12,17-18,22,27H,6,13-16H2,1-2H3/b24-17-,26-25?. The zero-order chi connectivity index (χ0) is 21.3. The Morgan fingerprint density at radius 1 is 1.17 bits per heavy atom. The minimum Gasteiger partial charge on any atom is -0.494 e. The number of Topliss-reactive ketones (excluding diaryl/α,β-unsaturated/α-hetero) is 1. The molecule has 0 bridgehead atoms. The fourth-order valence-electron chi connectivity index (χ4n) is 3.30. The molecule has 1 aliphatic rings. The Morgan fingerprint density at radius 3 is 2.57 bits per heavy atom.